The van der Waals surface area contributed by atoms with Crippen LogP contribution in [0.2, 0.25) is 0 Å². The molecular formula is C25H28FN7O6S2. The third kappa shape index (κ3) is 4.36. The minimum atomic E-state index is -4.38. The van der Waals surface area contributed by atoms with Crippen LogP contribution in [-0.2, 0) is 32.0 Å². The number of nitrogens with zero attached hydrogens (tertiary/aromatic N) is 5. The van der Waals surface area contributed by atoms with E-state index in [0.717, 1.165) is 20.9 Å². The maximum absolute atomic E-state index is 15.6. The number of nitrogens with one attached hydrogen (secondary N) is 1. The zero-order valence-corrected chi connectivity index (χ0v) is 24.0. The second-order valence-electron chi connectivity index (χ2n) is 10.0. The molecule has 1 saturated heterocycles. The summed E-state index contributed by atoms with van der Waals surface area (Å²) in [6, 6.07) is 7.01. The van der Waals surface area contributed by atoms with Gasteiger partial charge in [-0.25, -0.2) is 35.5 Å². The van der Waals surface area contributed by atoms with Gasteiger partial charge in [-0.1, -0.05) is 6.07 Å². The maximum Gasteiger partial charge on any atom is 0.247 e. The zero-order valence-electron chi connectivity index (χ0n) is 22.4. The number of sulfonamides is 2. The maximum atomic E-state index is 15.6. The number of guanidine groups is 1. The Hall–Kier alpha value is -3.89. The normalized spacial score (nSPS) is 24.4. The lowest BCUT2D eigenvalue weighted by Crippen LogP contribution is -2.66. The summed E-state index contributed by atoms with van der Waals surface area (Å²) in [6.07, 6.45) is 3.35. The van der Waals surface area contributed by atoms with Crippen molar-refractivity contribution in [2.24, 2.45) is 10.7 Å². The van der Waals surface area contributed by atoms with Crippen LogP contribution in [0.5, 0.6) is 5.75 Å². The third-order valence-electron chi connectivity index (χ3n) is 7.89. The van der Waals surface area contributed by atoms with E-state index in [1.807, 2.05) is 0 Å². The van der Waals surface area contributed by atoms with Crippen LogP contribution in [0.4, 0.5) is 4.39 Å². The number of aromatic amines is 1. The van der Waals surface area contributed by atoms with Gasteiger partial charge in [0.1, 0.15) is 32.4 Å². The van der Waals surface area contributed by atoms with Crippen molar-refractivity contribution in [2.45, 2.75) is 34.9 Å². The molecule has 0 bridgehead atoms. The van der Waals surface area contributed by atoms with Gasteiger partial charge in [-0.2, -0.15) is 9.40 Å². The number of aromatic nitrogens is 3. The molecule has 2 aromatic heterocycles. The van der Waals surface area contributed by atoms with Gasteiger partial charge in [-0.15, -0.1) is 0 Å². The predicted octanol–water partition coefficient (Wildman–Crippen LogP) is 1.02. The fraction of sp³-hybridized carbons (Fsp3) is 0.360. The molecule has 0 unspecified atom stereocenters. The van der Waals surface area contributed by atoms with Crippen LogP contribution in [0, 0.1) is 5.82 Å². The standard InChI is InChI=1S/C25H28FN7O6S2/c1-24(19-10-16(4-6-20(19)26)11-22(34)21-7-5-17(39-3)12-28-21)25(41(37,38)32(2)23(27)31-24)8-9-33(15-25)40(35,36)18-13-29-30-14-18/h4-7,10,12-14H,8-9,11,15H2,1-3H3,(H2,27,31)(H,29,30)/t24-,25+/m1/s1. The van der Waals surface area contributed by atoms with E-state index < -0.39 is 42.7 Å². The van der Waals surface area contributed by atoms with Crippen molar-refractivity contribution in [1.82, 2.24) is 23.8 Å². The number of nitrogens with two attached hydrogens (primary N) is 1. The summed E-state index contributed by atoms with van der Waals surface area (Å²) >= 11 is 0. The Bertz CT molecular complexity index is 1750. The minimum Gasteiger partial charge on any atom is -0.495 e. The Morgan fingerprint density at radius 1 is 1.24 bits per heavy atom. The molecule has 3 N–H and O–H groups in total. The Labute approximate surface area is 236 Å². The van der Waals surface area contributed by atoms with E-state index in [1.165, 1.54) is 51.7 Å². The van der Waals surface area contributed by atoms with Crippen molar-refractivity contribution >= 4 is 31.8 Å². The van der Waals surface area contributed by atoms with Crippen molar-refractivity contribution in [3.8, 4) is 5.75 Å². The number of ether oxygens (including phenoxy) is 1. The highest BCUT2D eigenvalue weighted by Crippen LogP contribution is 2.52. The monoisotopic (exact) mass is 605 g/mol. The van der Waals surface area contributed by atoms with E-state index in [9.17, 15) is 21.6 Å². The molecule has 0 saturated carbocycles. The average Bonchev–Trinajstić information content (AvgIpc) is 3.65. The number of benzene rings is 1. The van der Waals surface area contributed by atoms with Gasteiger partial charge in [-0.3, -0.25) is 9.89 Å². The van der Waals surface area contributed by atoms with Gasteiger partial charge in [-0.05, 0) is 43.2 Å². The summed E-state index contributed by atoms with van der Waals surface area (Å²) in [6.45, 7) is 0.737. The molecule has 16 heteroatoms. The van der Waals surface area contributed by atoms with Gasteiger partial charge in [0.2, 0.25) is 26.0 Å². The number of H-pyrrole nitrogens is 1. The lowest BCUT2D eigenvalue weighted by atomic mass is 9.77. The van der Waals surface area contributed by atoms with Crippen LogP contribution >= 0.6 is 0 Å². The number of Topliss-reactive ketones (excluding diaryl/α,β-unsaturated/α-hetero) is 1. The molecule has 0 radical (unpaired) electrons. The minimum absolute atomic E-state index is 0.132. The molecule has 4 heterocycles. The van der Waals surface area contributed by atoms with Gasteiger partial charge in [0.25, 0.3) is 0 Å². The number of hydrogen-bond acceptors (Lipinski definition) is 10. The number of aliphatic imine (C=N–C) groups is 1. The first-order valence-electron chi connectivity index (χ1n) is 12.4. The first kappa shape index (κ1) is 28.6. The lowest BCUT2D eigenvalue weighted by Gasteiger charge is -2.48. The van der Waals surface area contributed by atoms with Crippen LogP contribution in [0.1, 0.15) is 35.0 Å². The Morgan fingerprint density at radius 2 is 2.00 bits per heavy atom. The highest BCUT2D eigenvalue weighted by atomic mass is 32.2. The van der Waals surface area contributed by atoms with Crippen LogP contribution in [0.25, 0.3) is 0 Å². The Kier molecular flexibility index (Phi) is 6.90. The summed E-state index contributed by atoms with van der Waals surface area (Å²) in [5, 5.41) is 6.12. The second kappa shape index (κ2) is 9.88. The van der Waals surface area contributed by atoms with Crippen molar-refractivity contribution in [1.29, 1.82) is 0 Å². The fourth-order valence-corrected chi connectivity index (χ4v) is 9.06. The Balaban J connectivity index is 1.59. The predicted molar refractivity (Wildman–Crippen MR) is 146 cm³/mol. The van der Waals surface area contributed by atoms with E-state index in [4.69, 9.17) is 10.5 Å². The zero-order chi connectivity index (χ0) is 29.8. The molecule has 5 rings (SSSR count). The molecule has 1 spiro atoms. The summed E-state index contributed by atoms with van der Waals surface area (Å²) in [5.74, 6) is -1.04. The van der Waals surface area contributed by atoms with E-state index in [0.29, 0.717) is 11.3 Å². The highest BCUT2D eigenvalue weighted by Gasteiger charge is 2.67. The van der Waals surface area contributed by atoms with E-state index in [1.54, 1.807) is 6.07 Å². The number of carbonyl (C=O) groups is 1. The van der Waals surface area contributed by atoms with Crippen LogP contribution in [-0.4, -0.2) is 84.4 Å². The van der Waals surface area contributed by atoms with E-state index >= 15 is 4.39 Å². The number of rotatable bonds is 7. The highest BCUT2D eigenvalue weighted by molar-refractivity contribution is 7.91. The fourth-order valence-electron chi connectivity index (χ4n) is 5.43. The van der Waals surface area contributed by atoms with E-state index in [2.05, 4.69) is 20.2 Å². The third-order valence-corrected chi connectivity index (χ3v) is 12.3. The Morgan fingerprint density at radius 3 is 2.63 bits per heavy atom. The molecule has 2 aliphatic heterocycles. The quantitative estimate of drug-likeness (QED) is 0.372. The van der Waals surface area contributed by atoms with Crippen LogP contribution < -0.4 is 10.5 Å². The van der Waals surface area contributed by atoms with Crippen molar-refractivity contribution in [3.05, 3.63) is 71.6 Å². The van der Waals surface area contributed by atoms with Gasteiger partial charge >= 0.3 is 0 Å². The first-order chi connectivity index (χ1) is 19.3. The van der Waals surface area contributed by atoms with Crippen LogP contribution in [0.3, 0.4) is 0 Å². The number of methoxy groups -OCH3 is 1. The summed E-state index contributed by atoms with van der Waals surface area (Å²) in [7, 11) is -5.82. The largest absolute Gasteiger partial charge is 0.495 e. The van der Waals surface area contributed by atoms with E-state index in [-0.39, 0.29) is 47.3 Å². The number of hydrogen-bond donors (Lipinski definition) is 2. The molecule has 41 heavy (non-hydrogen) atoms. The molecule has 0 amide bonds. The molecule has 1 fully saturated rings. The number of carbonyl (C=O) groups excluding carboxylic acids is 1. The summed E-state index contributed by atoms with van der Waals surface area (Å²) < 4.78 is 75.3. The molecule has 218 valence electrons. The van der Waals surface area contributed by atoms with Gasteiger partial charge in [0.05, 0.1) is 19.5 Å². The summed E-state index contributed by atoms with van der Waals surface area (Å²) in [5.41, 5.74) is 4.60. The van der Waals surface area contributed by atoms with Crippen LogP contribution in [0.15, 0.2) is 58.8 Å². The van der Waals surface area contributed by atoms with Gasteiger partial charge < -0.3 is 10.5 Å². The smallest absolute Gasteiger partial charge is 0.247 e. The molecule has 13 nitrogen and oxygen atoms in total. The van der Waals surface area contributed by atoms with Crippen molar-refractivity contribution in [2.75, 3.05) is 27.2 Å². The topological polar surface area (TPSA) is 181 Å². The molecule has 1 aromatic carbocycles. The molecular weight excluding hydrogens is 577 g/mol. The second-order valence-corrected chi connectivity index (χ2v) is 14.2. The molecule has 3 aromatic rings. The number of halogens is 1. The van der Waals surface area contributed by atoms with Gasteiger partial charge in [0.15, 0.2) is 5.78 Å². The SMILES string of the molecule is COc1ccc(C(=O)Cc2ccc(F)c([C@@]3(C)N=C(N)N(C)S(=O)(=O)[C@]34CCN(S(=O)(=O)c3cn[nH]c3)C4)c2)nc1. The summed E-state index contributed by atoms with van der Waals surface area (Å²) in [4.78, 5) is 21.4. The van der Waals surface area contributed by atoms with Crippen molar-refractivity contribution < 1.29 is 30.8 Å². The number of ketones is 1. The first-order valence-corrected chi connectivity index (χ1v) is 15.3. The van der Waals surface area contributed by atoms with Gasteiger partial charge in [0, 0.05) is 38.3 Å². The molecule has 2 aliphatic rings. The van der Waals surface area contributed by atoms with Crippen molar-refractivity contribution in [3.63, 3.8) is 0 Å². The molecule has 0 aliphatic carbocycles. The number of pyridine rings is 1. The lowest BCUT2D eigenvalue weighted by molar-refractivity contribution is 0.0988. The molecule has 2 atom stereocenters. The average molecular weight is 606 g/mol.